The normalized spacial score (nSPS) is 11.4. The Kier molecular flexibility index (Phi) is 6.34. The molecule has 0 fully saturated rings. The molecule has 8 nitrogen and oxygen atoms in total. The van der Waals surface area contributed by atoms with Gasteiger partial charge >= 0.3 is 35.5 Å². The molecule has 10 heteroatoms. The van der Waals surface area contributed by atoms with E-state index >= 15 is 0 Å². The van der Waals surface area contributed by atoms with E-state index in [1.807, 2.05) is 0 Å². The quantitative estimate of drug-likeness (QED) is 0.370. The van der Waals surface area contributed by atoms with Crippen LogP contribution < -0.4 is 34.7 Å². The molecule has 0 unspecified atom stereocenters. The largest absolute Gasteiger partial charge is 1.00 e. The van der Waals surface area contributed by atoms with E-state index in [4.69, 9.17) is 9.66 Å². The average molecular weight is 394 g/mol. The molecule has 0 radical (unpaired) electrons. The van der Waals surface area contributed by atoms with E-state index in [1.165, 1.54) is 48.5 Å². The van der Waals surface area contributed by atoms with Gasteiger partial charge < -0.3 is 10.2 Å². The number of carboxylic acid groups (broad SMARTS) is 1. The molecule has 27 heavy (non-hydrogen) atoms. The number of nitrogens with zero attached hydrogens (tertiary/aromatic N) is 2. The average Bonchev–Trinajstić information content (AvgIpc) is 2.60. The first-order valence-electron chi connectivity index (χ1n) is 7.22. The molecule has 0 saturated heterocycles. The van der Waals surface area contributed by atoms with E-state index in [9.17, 15) is 18.3 Å². The summed E-state index contributed by atoms with van der Waals surface area (Å²) in [4.78, 5) is 10.5. The summed E-state index contributed by atoms with van der Waals surface area (Å²) in [5.41, 5.74) is 0.448. The third-order valence-corrected chi connectivity index (χ3v) is 4.45. The molecule has 0 heterocycles. The van der Waals surface area contributed by atoms with Gasteiger partial charge in [-0.2, -0.15) is 18.6 Å². The molecular formula is C17H11N2NaO6S. The van der Waals surface area contributed by atoms with Gasteiger partial charge in [0.2, 0.25) is 0 Å². The van der Waals surface area contributed by atoms with Gasteiger partial charge in [0.1, 0.15) is 0 Å². The van der Waals surface area contributed by atoms with Crippen molar-refractivity contribution in [2.24, 2.45) is 10.2 Å². The van der Waals surface area contributed by atoms with Crippen LogP contribution in [0.4, 0.5) is 11.4 Å². The number of aromatic carboxylic acids is 1. The molecule has 0 aliphatic heterocycles. The Morgan fingerprint density at radius 2 is 1.63 bits per heavy atom. The van der Waals surface area contributed by atoms with Crippen LogP contribution in [0.2, 0.25) is 0 Å². The van der Waals surface area contributed by atoms with Crippen LogP contribution in [0.1, 0.15) is 10.4 Å². The van der Waals surface area contributed by atoms with Crippen molar-refractivity contribution in [1.82, 2.24) is 0 Å². The summed E-state index contributed by atoms with van der Waals surface area (Å²) in [7, 11) is -4.36. The Hall–Kier alpha value is -2.30. The molecule has 0 atom stereocenters. The number of hydrogen-bond acceptors (Lipinski definition) is 6. The molecule has 0 aromatic heterocycles. The molecule has 0 saturated carbocycles. The molecule has 0 aliphatic carbocycles. The van der Waals surface area contributed by atoms with Gasteiger partial charge in [-0.3, -0.25) is 4.55 Å². The molecule has 0 spiro atoms. The summed E-state index contributed by atoms with van der Waals surface area (Å²) in [5, 5.41) is 29.6. The first kappa shape index (κ1) is 21.0. The Morgan fingerprint density at radius 3 is 2.22 bits per heavy atom. The molecule has 0 aliphatic rings. The summed E-state index contributed by atoms with van der Waals surface area (Å²) >= 11 is 0. The summed E-state index contributed by atoms with van der Waals surface area (Å²) in [6.07, 6.45) is 0. The van der Waals surface area contributed by atoms with Gasteiger partial charge in [-0.05, 0) is 41.8 Å². The SMILES string of the molecule is O=C(O)c1ccc(N=Nc2c([O-])ccc3cc(S(=O)(=O)O)ccc23)cc1.[Na+]. The summed E-state index contributed by atoms with van der Waals surface area (Å²) < 4.78 is 31.6. The molecule has 3 rings (SSSR count). The summed E-state index contributed by atoms with van der Waals surface area (Å²) in [6, 6.07) is 12.0. The van der Waals surface area contributed by atoms with Crippen molar-refractivity contribution in [3.05, 3.63) is 60.2 Å². The number of carboxylic acids is 1. The summed E-state index contributed by atoms with van der Waals surface area (Å²) in [5.74, 6) is -1.48. The third-order valence-electron chi connectivity index (χ3n) is 3.60. The molecule has 3 aromatic rings. The zero-order valence-electron chi connectivity index (χ0n) is 14.0. The Morgan fingerprint density at radius 1 is 0.963 bits per heavy atom. The summed E-state index contributed by atoms with van der Waals surface area (Å²) in [6.45, 7) is 0. The minimum absolute atomic E-state index is 0. The van der Waals surface area contributed by atoms with E-state index in [0.717, 1.165) is 6.07 Å². The van der Waals surface area contributed by atoms with Gasteiger partial charge in [0.05, 0.1) is 21.8 Å². The maximum absolute atomic E-state index is 12.1. The van der Waals surface area contributed by atoms with Crippen molar-refractivity contribution in [3.8, 4) is 5.75 Å². The van der Waals surface area contributed by atoms with Gasteiger partial charge in [-0.15, -0.1) is 0 Å². The van der Waals surface area contributed by atoms with Crippen LogP contribution >= 0.6 is 0 Å². The van der Waals surface area contributed by atoms with Gasteiger partial charge in [0.15, 0.2) is 0 Å². The van der Waals surface area contributed by atoms with Crippen molar-refractivity contribution < 1.29 is 57.5 Å². The number of azo groups is 1. The molecule has 0 bridgehead atoms. The van der Waals surface area contributed by atoms with Gasteiger partial charge in [0, 0.05) is 5.39 Å². The molecule has 132 valence electrons. The monoisotopic (exact) mass is 394 g/mol. The maximum atomic E-state index is 12.1. The second kappa shape index (κ2) is 8.15. The number of benzene rings is 3. The van der Waals surface area contributed by atoms with Gasteiger partial charge in [-0.1, -0.05) is 23.9 Å². The van der Waals surface area contributed by atoms with Crippen LogP contribution in [0, 0.1) is 0 Å². The van der Waals surface area contributed by atoms with E-state index in [1.54, 1.807) is 0 Å². The van der Waals surface area contributed by atoms with Crippen LogP contribution in [-0.2, 0) is 10.1 Å². The number of rotatable bonds is 4. The van der Waals surface area contributed by atoms with Gasteiger partial charge in [0.25, 0.3) is 10.1 Å². The fourth-order valence-corrected chi connectivity index (χ4v) is 2.83. The van der Waals surface area contributed by atoms with Crippen LogP contribution in [0.15, 0.2) is 69.7 Å². The first-order chi connectivity index (χ1) is 12.3. The molecule has 3 aromatic carbocycles. The van der Waals surface area contributed by atoms with Crippen LogP contribution in [-0.4, -0.2) is 24.0 Å². The van der Waals surface area contributed by atoms with E-state index in [-0.39, 0.29) is 45.7 Å². The second-order valence-corrected chi connectivity index (χ2v) is 6.74. The Bertz CT molecular complexity index is 1140. The fraction of sp³-hybridized carbons (Fsp3) is 0. The van der Waals surface area contributed by atoms with E-state index in [0.29, 0.717) is 16.5 Å². The maximum Gasteiger partial charge on any atom is 1.00 e. The van der Waals surface area contributed by atoms with Crippen molar-refractivity contribution in [3.63, 3.8) is 0 Å². The number of carbonyl (C=O) groups is 1. The van der Waals surface area contributed by atoms with Crippen molar-refractivity contribution in [1.29, 1.82) is 0 Å². The smallest absolute Gasteiger partial charge is 0.871 e. The van der Waals surface area contributed by atoms with Crippen molar-refractivity contribution >= 4 is 38.2 Å². The predicted molar refractivity (Wildman–Crippen MR) is 90.8 cm³/mol. The first-order valence-corrected chi connectivity index (χ1v) is 8.66. The Balaban J connectivity index is 0.00000261. The predicted octanol–water partition coefficient (Wildman–Crippen LogP) is 0.278. The minimum Gasteiger partial charge on any atom is -0.871 e. The zero-order valence-corrected chi connectivity index (χ0v) is 16.8. The molecular weight excluding hydrogens is 383 g/mol. The van der Waals surface area contributed by atoms with Crippen molar-refractivity contribution in [2.75, 3.05) is 0 Å². The number of hydrogen-bond donors (Lipinski definition) is 2. The van der Waals surface area contributed by atoms with Crippen LogP contribution in [0.25, 0.3) is 10.8 Å². The van der Waals surface area contributed by atoms with Crippen molar-refractivity contribution in [2.45, 2.75) is 4.90 Å². The van der Waals surface area contributed by atoms with E-state index < -0.39 is 21.8 Å². The third kappa shape index (κ3) is 4.71. The second-order valence-electron chi connectivity index (χ2n) is 5.32. The topological polar surface area (TPSA) is 139 Å². The van der Waals surface area contributed by atoms with Gasteiger partial charge in [-0.25, -0.2) is 4.79 Å². The molecule has 2 N–H and O–H groups in total. The Labute approximate surface area is 176 Å². The number of fused-ring (bicyclic) bond motifs is 1. The van der Waals surface area contributed by atoms with Crippen LogP contribution in [0.5, 0.6) is 5.75 Å². The zero-order chi connectivity index (χ0) is 18.9. The fourth-order valence-electron chi connectivity index (χ4n) is 2.31. The van der Waals surface area contributed by atoms with Crippen LogP contribution in [0.3, 0.4) is 0 Å². The van der Waals surface area contributed by atoms with E-state index in [2.05, 4.69) is 10.2 Å². The standard InChI is InChI=1S/C17H12N2O6S.Na/c20-15-8-3-11-9-13(26(23,24)25)6-7-14(11)16(15)19-18-12-4-1-10(2-5-12)17(21)22;/h1-9,20H,(H,21,22)(H,23,24,25);/q;+1/p-1. The minimum atomic E-state index is -4.36. The molecule has 0 amide bonds.